The van der Waals surface area contributed by atoms with Gasteiger partial charge in [0, 0.05) is 12.0 Å². The molecule has 0 aliphatic rings. The highest BCUT2D eigenvalue weighted by Gasteiger charge is 2.17. The molecule has 2 aromatic rings. The zero-order valence-corrected chi connectivity index (χ0v) is 12.1. The normalized spacial score (nSPS) is 10.9. The van der Waals surface area contributed by atoms with Crippen LogP contribution < -0.4 is 11.3 Å². The minimum atomic E-state index is -0.609. The van der Waals surface area contributed by atoms with Gasteiger partial charge in [0.15, 0.2) is 11.5 Å². The van der Waals surface area contributed by atoms with Crippen LogP contribution in [0.5, 0.6) is 0 Å². The lowest BCUT2D eigenvalue weighted by Gasteiger charge is -2.06. The Labute approximate surface area is 121 Å². The number of hydrogen-bond acceptors (Lipinski definition) is 6. The van der Waals surface area contributed by atoms with Gasteiger partial charge in [0.25, 0.3) is 5.56 Å². The molecular formula is C13H17N5O3. The fraction of sp³-hybridized carbons (Fsp3) is 0.385. The molecule has 0 radical (unpaired) electrons. The zero-order chi connectivity index (χ0) is 15.6. The van der Waals surface area contributed by atoms with Crippen molar-refractivity contribution in [2.75, 3.05) is 12.3 Å². The van der Waals surface area contributed by atoms with Crippen molar-refractivity contribution in [3.8, 4) is 5.82 Å². The van der Waals surface area contributed by atoms with E-state index in [1.807, 2.05) is 13.8 Å². The van der Waals surface area contributed by atoms with Crippen molar-refractivity contribution in [1.82, 2.24) is 19.7 Å². The SMILES string of the molecule is CCOC(=O)c1nn(-c2cc(=O)[nH]c(C(C)C)n2)cc1N. The molecule has 0 spiro atoms. The van der Waals surface area contributed by atoms with E-state index < -0.39 is 5.97 Å². The Morgan fingerprint density at radius 3 is 2.86 bits per heavy atom. The van der Waals surface area contributed by atoms with Crippen LogP contribution in [0.2, 0.25) is 0 Å². The first kappa shape index (κ1) is 14.8. The van der Waals surface area contributed by atoms with E-state index in [1.54, 1.807) is 6.92 Å². The summed E-state index contributed by atoms with van der Waals surface area (Å²) in [6.07, 6.45) is 1.43. The van der Waals surface area contributed by atoms with Crippen molar-refractivity contribution in [3.63, 3.8) is 0 Å². The van der Waals surface area contributed by atoms with Gasteiger partial charge in [-0.2, -0.15) is 5.10 Å². The summed E-state index contributed by atoms with van der Waals surface area (Å²) in [5.74, 6) is 0.270. The van der Waals surface area contributed by atoms with E-state index in [9.17, 15) is 9.59 Å². The van der Waals surface area contributed by atoms with Crippen molar-refractivity contribution in [3.05, 3.63) is 34.1 Å². The van der Waals surface area contributed by atoms with Gasteiger partial charge in [-0.05, 0) is 6.92 Å². The van der Waals surface area contributed by atoms with Gasteiger partial charge in [-0.3, -0.25) is 4.79 Å². The molecule has 0 aliphatic carbocycles. The van der Waals surface area contributed by atoms with Crippen molar-refractivity contribution >= 4 is 11.7 Å². The molecule has 0 amide bonds. The monoisotopic (exact) mass is 291 g/mol. The Hall–Kier alpha value is -2.64. The minimum absolute atomic E-state index is 0.00466. The first-order chi connectivity index (χ1) is 9.92. The third-order valence-electron chi connectivity index (χ3n) is 2.74. The predicted molar refractivity (Wildman–Crippen MR) is 76.4 cm³/mol. The van der Waals surface area contributed by atoms with E-state index >= 15 is 0 Å². The largest absolute Gasteiger partial charge is 0.461 e. The number of aromatic nitrogens is 4. The van der Waals surface area contributed by atoms with Crippen LogP contribution in [0.15, 0.2) is 17.1 Å². The van der Waals surface area contributed by atoms with Crippen LogP contribution >= 0.6 is 0 Å². The molecule has 0 bridgehead atoms. The number of H-pyrrole nitrogens is 1. The van der Waals surface area contributed by atoms with Crippen molar-refractivity contribution in [1.29, 1.82) is 0 Å². The number of aromatic amines is 1. The molecule has 2 heterocycles. The molecule has 8 heteroatoms. The number of carbonyl (C=O) groups excluding carboxylic acids is 1. The summed E-state index contributed by atoms with van der Waals surface area (Å²) in [5, 5.41) is 4.04. The Bertz CT molecular complexity index is 717. The number of anilines is 1. The van der Waals surface area contributed by atoms with E-state index in [1.165, 1.54) is 16.9 Å². The van der Waals surface area contributed by atoms with Gasteiger partial charge >= 0.3 is 5.97 Å². The number of nitrogens with zero attached hydrogens (tertiary/aromatic N) is 3. The van der Waals surface area contributed by atoms with E-state index in [0.29, 0.717) is 11.6 Å². The molecule has 2 rings (SSSR count). The van der Waals surface area contributed by atoms with E-state index in [2.05, 4.69) is 15.1 Å². The molecule has 0 atom stereocenters. The maximum atomic E-state index is 11.7. The Balaban J connectivity index is 2.46. The maximum absolute atomic E-state index is 11.7. The smallest absolute Gasteiger partial charge is 0.361 e. The summed E-state index contributed by atoms with van der Waals surface area (Å²) in [6.45, 7) is 5.73. The number of nitrogens with two attached hydrogens (primary N) is 1. The summed E-state index contributed by atoms with van der Waals surface area (Å²) < 4.78 is 6.15. The highest BCUT2D eigenvalue weighted by atomic mass is 16.5. The van der Waals surface area contributed by atoms with Crippen LogP contribution in [-0.4, -0.2) is 32.3 Å². The lowest BCUT2D eigenvalue weighted by atomic mass is 10.2. The average molecular weight is 291 g/mol. The molecule has 0 saturated heterocycles. The number of nitrogens with one attached hydrogen (secondary N) is 1. The van der Waals surface area contributed by atoms with Gasteiger partial charge in [-0.1, -0.05) is 13.8 Å². The third kappa shape index (κ3) is 3.10. The number of nitrogen functional groups attached to an aromatic ring is 1. The van der Waals surface area contributed by atoms with E-state index in [4.69, 9.17) is 10.5 Å². The molecule has 0 fully saturated rings. The van der Waals surface area contributed by atoms with E-state index in [-0.39, 0.29) is 29.5 Å². The third-order valence-corrected chi connectivity index (χ3v) is 2.74. The number of carbonyl (C=O) groups is 1. The predicted octanol–water partition coefficient (Wildman–Crippen LogP) is 0.838. The Kier molecular flexibility index (Phi) is 4.06. The van der Waals surface area contributed by atoms with Gasteiger partial charge in [-0.25, -0.2) is 14.5 Å². The first-order valence-corrected chi connectivity index (χ1v) is 6.56. The summed E-state index contributed by atoms with van der Waals surface area (Å²) in [4.78, 5) is 30.3. The van der Waals surface area contributed by atoms with Gasteiger partial charge in [0.1, 0.15) is 5.82 Å². The number of esters is 1. The fourth-order valence-electron chi connectivity index (χ4n) is 1.72. The fourth-order valence-corrected chi connectivity index (χ4v) is 1.72. The summed E-state index contributed by atoms with van der Waals surface area (Å²) in [6, 6.07) is 1.28. The zero-order valence-electron chi connectivity index (χ0n) is 12.1. The Morgan fingerprint density at radius 2 is 2.24 bits per heavy atom. The molecule has 0 saturated carbocycles. The quantitative estimate of drug-likeness (QED) is 0.806. The molecular weight excluding hydrogens is 274 g/mol. The first-order valence-electron chi connectivity index (χ1n) is 6.56. The van der Waals surface area contributed by atoms with Gasteiger partial charge in [0.05, 0.1) is 18.5 Å². The van der Waals surface area contributed by atoms with Crippen molar-refractivity contribution in [2.45, 2.75) is 26.7 Å². The number of hydrogen-bond donors (Lipinski definition) is 2. The molecule has 8 nitrogen and oxygen atoms in total. The number of ether oxygens (including phenoxy) is 1. The van der Waals surface area contributed by atoms with Crippen LogP contribution in [0, 0.1) is 0 Å². The second kappa shape index (κ2) is 5.78. The molecule has 0 unspecified atom stereocenters. The van der Waals surface area contributed by atoms with E-state index in [0.717, 1.165) is 0 Å². The van der Waals surface area contributed by atoms with Crippen LogP contribution in [0.4, 0.5) is 5.69 Å². The summed E-state index contributed by atoms with van der Waals surface area (Å²) >= 11 is 0. The molecule has 21 heavy (non-hydrogen) atoms. The Morgan fingerprint density at radius 1 is 1.52 bits per heavy atom. The molecule has 0 aromatic carbocycles. The van der Waals surface area contributed by atoms with Crippen LogP contribution in [0.25, 0.3) is 5.82 Å². The van der Waals surface area contributed by atoms with Gasteiger partial charge in [-0.15, -0.1) is 0 Å². The number of rotatable bonds is 4. The highest BCUT2D eigenvalue weighted by Crippen LogP contribution is 2.14. The van der Waals surface area contributed by atoms with Gasteiger partial charge < -0.3 is 15.5 Å². The maximum Gasteiger partial charge on any atom is 0.361 e. The molecule has 112 valence electrons. The molecule has 3 N–H and O–H groups in total. The average Bonchev–Trinajstić information content (AvgIpc) is 2.80. The van der Waals surface area contributed by atoms with Crippen molar-refractivity contribution < 1.29 is 9.53 Å². The van der Waals surface area contributed by atoms with Crippen LogP contribution in [0.3, 0.4) is 0 Å². The molecule has 2 aromatic heterocycles. The second-order valence-corrected chi connectivity index (χ2v) is 4.74. The van der Waals surface area contributed by atoms with Crippen LogP contribution in [0.1, 0.15) is 43.0 Å². The standard InChI is InChI=1S/C13H17N5O3/c1-4-21-13(20)11-8(14)6-18(17-11)9-5-10(19)16-12(15-9)7(2)3/h5-7H,4,14H2,1-3H3,(H,15,16,19). The second-order valence-electron chi connectivity index (χ2n) is 4.74. The van der Waals surface area contributed by atoms with Crippen LogP contribution in [-0.2, 0) is 4.74 Å². The lowest BCUT2D eigenvalue weighted by Crippen LogP contribution is -2.15. The lowest BCUT2D eigenvalue weighted by molar-refractivity contribution is 0.0520. The molecule has 0 aliphatic heterocycles. The minimum Gasteiger partial charge on any atom is -0.461 e. The highest BCUT2D eigenvalue weighted by molar-refractivity contribution is 5.92. The summed E-state index contributed by atoms with van der Waals surface area (Å²) in [7, 11) is 0. The van der Waals surface area contributed by atoms with Gasteiger partial charge in [0.2, 0.25) is 0 Å². The van der Waals surface area contributed by atoms with Crippen molar-refractivity contribution in [2.24, 2.45) is 0 Å². The topological polar surface area (TPSA) is 116 Å². The summed E-state index contributed by atoms with van der Waals surface area (Å²) in [5.41, 5.74) is 5.62.